The molecule has 0 radical (unpaired) electrons. The summed E-state index contributed by atoms with van der Waals surface area (Å²) in [5, 5.41) is 3.87. The molecule has 0 saturated carbocycles. The van der Waals surface area contributed by atoms with Crippen LogP contribution in [0, 0.1) is 0 Å². The molecule has 2 aromatic carbocycles. The van der Waals surface area contributed by atoms with Crippen LogP contribution in [0.4, 0.5) is 17.3 Å². The number of piperidine rings is 1. The van der Waals surface area contributed by atoms with Gasteiger partial charge in [0.05, 0.1) is 6.20 Å². The summed E-state index contributed by atoms with van der Waals surface area (Å²) in [5.41, 5.74) is 3.49. The van der Waals surface area contributed by atoms with Crippen molar-refractivity contribution < 1.29 is 8.95 Å². The maximum atomic E-state index is 13.6. The van der Waals surface area contributed by atoms with Crippen molar-refractivity contribution in [1.82, 2.24) is 24.4 Å². The molecule has 2 fully saturated rings. The van der Waals surface area contributed by atoms with Crippen molar-refractivity contribution >= 4 is 39.3 Å². The van der Waals surface area contributed by atoms with Gasteiger partial charge in [-0.3, -0.25) is 4.57 Å². The van der Waals surface area contributed by atoms with E-state index in [0.29, 0.717) is 41.5 Å². The molecule has 39 heavy (non-hydrogen) atoms. The molecule has 2 saturated heterocycles. The van der Waals surface area contributed by atoms with Crippen molar-refractivity contribution in [2.45, 2.75) is 47.8 Å². The molecule has 2 aromatic heterocycles. The molecule has 1 atom stereocenters. The number of benzene rings is 2. The number of imidazole rings is 1. The summed E-state index contributed by atoms with van der Waals surface area (Å²) in [6.45, 7) is 3.46. The van der Waals surface area contributed by atoms with E-state index in [0.717, 1.165) is 36.5 Å². The summed E-state index contributed by atoms with van der Waals surface area (Å²) in [4.78, 5) is 19.7. The highest BCUT2D eigenvalue weighted by Gasteiger charge is 2.27. The van der Waals surface area contributed by atoms with Crippen LogP contribution in [0.2, 0.25) is 0 Å². The van der Waals surface area contributed by atoms with Crippen molar-refractivity contribution in [3.05, 3.63) is 60.8 Å². The number of nitrogens with zero attached hydrogens (tertiary/aromatic N) is 6. The lowest BCUT2D eigenvalue weighted by atomic mass is 10.0. The van der Waals surface area contributed by atoms with Gasteiger partial charge in [0.1, 0.15) is 16.3 Å². The quantitative estimate of drug-likeness (QED) is 0.360. The standard InChI is InChI=1S/C29H35N7O2S/c1-34(2)22-12-16-35(17-13-22)23-10-8-21(9-11-23)31-28-30-20-26-27(33-28)36(24-14-18-38-19-15-24)29(32-26)39(37)25-6-4-3-5-7-25/h3-11,20,22,24H,12-19H2,1-2H3,(H,30,31,33). The minimum Gasteiger partial charge on any atom is -0.381 e. The van der Waals surface area contributed by atoms with Crippen LogP contribution in [0.15, 0.2) is 70.8 Å². The van der Waals surface area contributed by atoms with Crippen LogP contribution >= 0.6 is 0 Å². The van der Waals surface area contributed by atoms with Gasteiger partial charge in [-0.05, 0) is 76.2 Å². The van der Waals surface area contributed by atoms with Gasteiger partial charge in [-0.1, -0.05) is 18.2 Å². The lowest BCUT2D eigenvalue weighted by Gasteiger charge is -2.36. The van der Waals surface area contributed by atoms with Crippen LogP contribution in [0.1, 0.15) is 31.7 Å². The number of hydrogen-bond acceptors (Lipinski definition) is 8. The molecule has 0 amide bonds. The molecule has 0 aliphatic carbocycles. The predicted molar refractivity (Wildman–Crippen MR) is 154 cm³/mol. The van der Waals surface area contributed by atoms with Crippen LogP contribution in [-0.4, -0.2) is 75.1 Å². The Hall–Kier alpha value is -3.34. The molecular weight excluding hydrogens is 510 g/mol. The van der Waals surface area contributed by atoms with Gasteiger partial charge < -0.3 is 19.9 Å². The molecule has 1 unspecified atom stereocenters. The first kappa shape index (κ1) is 25.9. The summed E-state index contributed by atoms with van der Waals surface area (Å²) >= 11 is 0. The number of aromatic nitrogens is 4. The van der Waals surface area contributed by atoms with E-state index in [1.165, 1.54) is 18.5 Å². The Kier molecular flexibility index (Phi) is 7.58. The third-order valence-electron chi connectivity index (χ3n) is 7.76. The molecule has 204 valence electrons. The van der Waals surface area contributed by atoms with Crippen molar-refractivity contribution in [2.24, 2.45) is 0 Å². The normalized spacial score (nSPS) is 18.1. The molecule has 4 heterocycles. The molecule has 2 aliphatic heterocycles. The fraction of sp³-hybridized carbons (Fsp3) is 0.414. The number of nitrogens with one attached hydrogen (secondary N) is 1. The first-order chi connectivity index (χ1) is 19.1. The van der Waals surface area contributed by atoms with Crippen molar-refractivity contribution in [3.63, 3.8) is 0 Å². The number of rotatable bonds is 7. The summed E-state index contributed by atoms with van der Waals surface area (Å²) in [7, 11) is 2.90. The van der Waals surface area contributed by atoms with Crippen molar-refractivity contribution in [1.29, 1.82) is 0 Å². The second kappa shape index (κ2) is 11.4. The largest absolute Gasteiger partial charge is 0.381 e. The Morgan fingerprint density at radius 3 is 2.36 bits per heavy atom. The fourth-order valence-electron chi connectivity index (χ4n) is 5.51. The van der Waals surface area contributed by atoms with E-state index in [1.807, 2.05) is 34.9 Å². The number of hydrogen-bond donors (Lipinski definition) is 1. The topological polar surface area (TPSA) is 88.4 Å². The van der Waals surface area contributed by atoms with Gasteiger partial charge in [-0.25, -0.2) is 14.2 Å². The van der Waals surface area contributed by atoms with Gasteiger partial charge >= 0.3 is 0 Å². The first-order valence-electron chi connectivity index (χ1n) is 13.6. The predicted octanol–water partition coefficient (Wildman–Crippen LogP) is 4.62. The minimum absolute atomic E-state index is 0.116. The number of anilines is 3. The molecule has 9 nitrogen and oxygen atoms in total. The smallest absolute Gasteiger partial charge is 0.229 e. The molecule has 2 aliphatic rings. The molecule has 6 rings (SSSR count). The first-order valence-corrected chi connectivity index (χ1v) is 14.8. The van der Waals surface area contributed by atoms with Gasteiger partial charge in [0, 0.05) is 54.7 Å². The van der Waals surface area contributed by atoms with Crippen LogP contribution in [-0.2, 0) is 15.5 Å². The molecule has 1 N–H and O–H groups in total. The second-order valence-corrected chi connectivity index (χ2v) is 11.8. The molecule has 4 aromatic rings. The summed E-state index contributed by atoms with van der Waals surface area (Å²) in [6, 6.07) is 18.7. The maximum Gasteiger partial charge on any atom is 0.229 e. The summed E-state index contributed by atoms with van der Waals surface area (Å²) in [6.07, 6.45) is 5.72. The van der Waals surface area contributed by atoms with Gasteiger partial charge in [0.25, 0.3) is 0 Å². The molecule has 0 spiro atoms. The van der Waals surface area contributed by atoms with Crippen LogP contribution in [0.25, 0.3) is 11.2 Å². The highest BCUT2D eigenvalue weighted by atomic mass is 32.2. The lowest BCUT2D eigenvalue weighted by molar-refractivity contribution is 0.0682. The van der Waals surface area contributed by atoms with Crippen molar-refractivity contribution in [3.8, 4) is 0 Å². The third-order valence-corrected chi connectivity index (χ3v) is 9.08. The van der Waals surface area contributed by atoms with Gasteiger partial charge in [-0.15, -0.1) is 0 Å². The Balaban J connectivity index is 1.25. The Morgan fingerprint density at radius 1 is 0.949 bits per heavy atom. The number of fused-ring (bicyclic) bond motifs is 1. The zero-order chi connectivity index (χ0) is 26.8. The molecule has 10 heteroatoms. The van der Waals surface area contributed by atoms with Gasteiger partial charge in [0.15, 0.2) is 5.65 Å². The number of ether oxygens (including phenoxy) is 1. The average Bonchev–Trinajstić information content (AvgIpc) is 3.37. The van der Waals surface area contributed by atoms with Crippen molar-refractivity contribution in [2.75, 3.05) is 50.6 Å². The zero-order valence-electron chi connectivity index (χ0n) is 22.5. The van der Waals surface area contributed by atoms with Gasteiger partial charge in [0.2, 0.25) is 11.1 Å². The van der Waals surface area contributed by atoms with E-state index in [2.05, 4.69) is 58.5 Å². The van der Waals surface area contributed by atoms with Crippen LogP contribution < -0.4 is 10.2 Å². The zero-order valence-corrected chi connectivity index (χ0v) is 23.3. The maximum absolute atomic E-state index is 13.6. The van der Waals surface area contributed by atoms with E-state index in [4.69, 9.17) is 14.7 Å². The van der Waals surface area contributed by atoms with E-state index < -0.39 is 10.8 Å². The van der Waals surface area contributed by atoms with E-state index in [1.54, 1.807) is 6.20 Å². The minimum atomic E-state index is -1.43. The Bertz CT molecular complexity index is 1430. The summed E-state index contributed by atoms with van der Waals surface area (Å²) in [5.74, 6) is 0.493. The van der Waals surface area contributed by atoms with E-state index >= 15 is 0 Å². The fourth-order valence-corrected chi connectivity index (χ4v) is 6.72. The third kappa shape index (κ3) is 5.54. The SMILES string of the molecule is CN(C)C1CCN(c2ccc(Nc3ncc4nc(S(=O)c5ccccc5)n(C5CCOCC5)c4n3)cc2)CC1. The average molecular weight is 546 g/mol. The highest BCUT2D eigenvalue weighted by Crippen LogP contribution is 2.31. The molecule has 0 bridgehead atoms. The molecular formula is C29H35N7O2S. The highest BCUT2D eigenvalue weighted by molar-refractivity contribution is 7.85. The van der Waals surface area contributed by atoms with E-state index in [9.17, 15) is 4.21 Å². The summed E-state index contributed by atoms with van der Waals surface area (Å²) < 4.78 is 21.3. The van der Waals surface area contributed by atoms with Crippen LogP contribution in [0.3, 0.4) is 0 Å². The lowest BCUT2D eigenvalue weighted by Crippen LogP contribution is -2.41. The van der Waals surface area contributed by atoms with E-state index in [-0.39, 0.29) is 6.04 Å². The monoisotopic (exact) mass is 545 g/mol. The van der Waals surface area contributed by atoms with Gasteiger partial charge in [-0.2, -0.15) is 4.98 Å². The van der Waals surface area contributed by atoms with Crippen LogP contribution in [0.5, 0.6) is 0 Å². The second-order valence-electron chi connectivity index (χ2n) is 10.4. The Labute approximate surface area is 231 Å². The Morgan fingerprint density at radius 2 is 1.67 bits per heavy atom.